The molecule has 1 heterocycles. The maximum atomic E-state index is 13.1. The molecule has 0 spiro atoms. The van der Waals surface area contributed by atoms with E-state index in [9.17, 15) is 9.18 Å². The molecule has 0 unspecified atom stereocenters. The van der Waals surface area contributed by atoms with Crippen LogP contribution in [0.2, 0.25) is 10.0 Å². The third-order valence-electron chi connectivity index (χ3n) is 4.66. The van der Waals surface area contributed by atoms with Crippen molar-refractivity contribution in [1.29, 1.82) is 0 Å². The smallest absolute Gasteiger partial charge is 0.363 e. The van der Waals surface area contributed by atoms with Crippen molar-refractivity contribution in [2.24, 2.45) is 4.99 Å². The number of hydrogen-bond donors (Lipinski definition) is 0. The van der Waals surface area contributed by atoms with Crippen LogP contribution in [-0.2, 0) is 16.1 Å². The molecule has 0 bridgehead atoms. The van der Waals surface area contributed by atoms with Gasteiger partial charge in [0.15, 0.2) is 17.2 Å². The van der Waals surface area contributed by atoms with E-state index in [1.807, 2.05) is 6.92 Å². The van der Waals surface area contributed by atoms with Gasteiger partial charge in [-0.05, 0) is 60.5 Å². The Kier molecular flexibility index (Phi) is 6.96. The molecular weight excluding hydrogens is 468 g/mol. The molecule has 1 aliphatic rings. The number of hydrogen-bond acceptors (Lipinski definition) is 5. The second kappa shape index (κ2) is 10.1. The van der Waals surface area contributed by atoms with Crippen LogP contribution >= 0.6 is 23.2 Å². The number of nitrogens with zero attached hydrogens (tertiary/aromatic N) is 1. The zero-order valence-electron chi connectivity index (χ0n) is 17.5. The van der Waals surface area contributed by atoms with E-state index in [1.54, 1.807) is 54.6 Å². The van der Waals surface area contributed by atoms with Gasteiger partial charge in [0.1, 0.15) is 12.4 Å². The van der Waals surface area contributed by atoms with Crippen LogP contribution in [0.3, 0.4) is 0 Å². The Morgan fingerprint density at radius 3 is 2.52 bits per heavy atom. The first-order valence-electron chi connectivity index (χ1n) is 10.1. The highest BCUT2D eigenvalue weighted by Crippen LogP contribution is 2.38. The third kappa shape index (κ3) is 5.35. The Morgan fingerprint density at radius 2 is 1.79 bits per heavy atom. The molecule has 0 atom stereocenters. The number of halogens is 3. The number of rotatable bonds is 7. The minimum absolute atomic E-state index is 0.100. The number of ether oxygens (including phenoxy) is 3. The zero-order chi connectivity index (χ0) is 23.4. The van der Waals surface area contributed by atoms with Crippen molar-refractivity contribution >= 4 is 41.1 Å². The first-order chi connectivity index (χ1) is 15.9. The number of aliphatic imine (C=N–C) groups is 1. The fourth-order valence-electron chi connectivity index (χ4n) is 3.13. The van der Waals surface area contributed by atoms with Gasteiger partial charge in [-0.25, -0.2) is 14.2 Å². The summed E-state index contributed by atoms with van der Waals surface area (Å²) in [5.74, 6) is -0.0438. The van der Waals surface area contributed by atoms with Crippen molar-refractivity contribution in [2.75, 3.05) is 6.61 Å². The number of carbonyl (C=O) groups excluding carboxylic acids is 1. The number of carbonyl (C=O) groups is 1. The third-order valence-corrected chi connectivity index (χ3v) is 5.27. The van der Waals surface area contributed by atoms with Crippen LogP contribution < -0.4 is 9.47 Å². The SMILES string of the molecule is CCOc1cc(/C=C2\N=C(c3ccccc3Cl)OC2=O)cc(Cl)c1OCc1ccc(F)cc1. The molecule has 5 nitrogen and oxygen atoms in total. The Hall–Kier alpha value is -3.35. The van der Waals surface area contributed by atoms with E-state index >= 15 is 0 Å². The predicted molar refractivity (Wildman–Crippen MR) is 125 cm³/mol. The average Bonchev–Trinajstić information content (AvgIpc) is 3.15. The molecule has 3 aromatic rings. The second-order valence-electron chi connectivity index (χ2n) is 6.99. The Labute approximate surface area is 200 Å². The lowest BCUT2D eigenvalue weighted by Crippen LogP contribution is -2.05. The molecule has 0 fully saturated rings. The lowest BCUT2D eigenvalue weighted by atomic mass is 10.1. The molecule has 0 aliphatic carbocycles. The second-order valence-corrected chi connectivity index (χ2v) is 7.81. The van der Waals surface area contributed by atoms with E-state index in [0.717, 1.165) is 5.56 Å². The van der Waals surface area contributed by atoms with Gasteiger partial charge in [-0.2, -0.15) is 0 Å². The van der Waals surface area contributed by atoms with Crippen molar-refractivity contribution < 1.29 is 23.4 Å². The van der Waals surface area contributed by atoms with E-state index in [4.69, 9.17) is 37.4 Å². The van der Waals surface area contributed by atoms with E-state index in [1.165, 1.54) is 12.1 Å². The van der Waals surface area contributed by atoms with Crippen LogP contribution in [-0.4, -0.2) is 18.5 Å². The van der Waals surface area contributed by atoms with Gasteiger partial charge >= 0.3 is 5.97 Å². The Morgan fingerprint density at radius 1 is 1.03 bits per heavy atom. The molecule has 0 N–H and O–H groups in total. The highest BCUT2D eigenvalue weighted by atomic mass is 35.5. The van der Waals surface area contributed by atoms with Gasteiger partial charge in [0, 0.05) is 0 Å². The predicted octanol–water partition coefficient (Wildman–Crippen LogP) is 6.45. The van der Waals surface area contributed by atoms with Crippen molar-refractivity contribution in [3.8, 4) is 11.5 Å². The normalized spacial score (nSPS) is 14.2. The van der Waals surface area contributed by atoms with Gasteiger partial charge in [0.25, 0.3) is 0 Å². The minimum Gasteiger partial charge on any atom is -0.490 e. The molecule has 168 valence electrons. The molecule has 33 heavy (non-hydrogen) atoms. The Bertz CT molecular complexity index is 1260. The number of esters is 1. The van der Waals surface area contributed by atoms with E-state index in [-0.39, 0.29) is 29.0 Å². The van der Waals surface area contributed by atoms with Crippen molar-refractivity contribution in [3.05, 3.63) is 98.9 Å². The van der Waals surface area contributed by atoms with Gasteiger partial charge in [-0.15, -0.1) is 0 Å². The van der Waals surface area contributed by atoms with Crippen molar-refractivity contribution in [2.45, 2.75) is 13.5 Å². The first kappa shape index (κ1) is 22.8. The highest BCUT2D eigenvalue weighted by molar-refractivity contribution is 6.34. The largest absolute Gasteiger partial charge is 0.490 e. The van der Waals surface area contributed by atoms with Crippen LogP contribution in [0.1, 0.15) is 23.6 Å². The van der Waals surface area contributed by atoms with Gasteiger partial charge in [-0.1, -0.05) is 47.5 Å². The number of cyclic esters (lactones) is 1. The quantitative estimate of drug-likeness (QED) is 0.284. The minimum atomic E-state index is -0.601. The summed E-state index contributed by atoms with van der Waals surface area (Å²) in [6.07, 6.45) is 1.55. The topological polar surface area (TPSA) is 57.1 Å². The lowest BCUT2D eigenvalue weighted by molar-refractivity contribution is -0.129. The van der Waals surface area contributed by atoms with E-state index in [2.05, 4.69) is 4.99 Å². The van der Waals surface area contributed by atoms with E-state index in [0.29, 0.717) is 34.3 Å². The maximum Gasteiger partial charge on any atom is 0.363 e. The van der Waals surface area contributed by atoms with Crippen LogP contribution in [0.15, 0.2) is 71.4 Å². The summed E-state index contributed by atoms with van der Waals surface area (Å²) in [6, 6.07) is 16.3. The highest BCUT2D eigenvalue weighted by Gasteiger charge is 2.26. The molecule has 0 saturated carbocycles. The standard InChI is InChI=1S/C25H18Cl2FNO4/c1-2-31-22-13-16(11-20(27)23(22)32-14-15-7-9-17(28)10-8-15)12-21-25(30)33-24(29-21)18-5-3-4-6-19(18)26/h3-13H,2,14H2,1H3/b21-12-. The summed E-state index contributed by atoms with van der Waals surface area (Å²) in [5, 5.41) is 0.714. The Balaban J connectivity index is 1.61. The molecule has 8 heteroatoms. The molecular formula is C25H18Cl2FNO4. The van der Waals surface area contributed by atoms with Crippen molar-refractivity contribution in [3.63, 3.8) is 0 Å². The van der Waals surface area contributed by atoms with Gasteiger partial charge in [-0.3, -0.25) is 0 Å². The van der Waals surface area contributed by atoms with Crippen LogP contribution in [0.25, 0.3) is 6.08 Å². The molecule has 4 rings (SSSR count). The van der Waals surface area contributed by atoms with E-state index < -0.39 is 5.97 Å². The van der Waals surface area contributed by atoms with Crippen LogP contribution in [0, 0.1) is 5.82 Å². The monoisotopic (exact) mass is 485 g/mol. The van der Waals surface area contributed by atoms with Crippen molar-refractivity contribution in [1.82, 2.24) is 0 Å². The van der Waals surface area contributed by atoms with Crippen LogP contribution in [0.4, 0.5) is 4.39 Å². The summed E-state index contributed by atoms with van der Waals surface area (Å²) in [6.45, 7) is 2.38. The maximum absolute atomic E-state index is 13.1. The molecule has 0 radical (unpaired) electrons. The fourth-order valence-corrected chi connectivity index (χ4v) is 3.62. The average molecular weight is 486 g/mol. The molecule has 1 aliphatic heterocycles. The molecule has 3 aromatic carbocycles. The molecule has 0 saturated heterocycles. The fraction of sp³-hybridized carbons (Fsp3) is 0.120. The number of benzene rings is 3. The summed E-state index contributed by atoms with van der Waals surface area (Å²) >= 11 is 12.6. The van der Waals surface area contributed by atoms with Gasteiger partial charge < -0.3 is 14.2 Å². The van der Waals surface area contributed by atoms with Crippen LogP contribution in [0.5, 0.6) is 11.5 Å². The summed E-state index contributed by atoms with van der Waals surface area (Å²) in [7, 11) is 0. The lowest BCUT2D eigenvalue weighted by Gasteiger charge is -2.14. The zero-order valence-corrected chi connectivity index (χ0v) is 19.0. The van der Waals surface area contributed by atoms with Gasteiger partial charge in [0.2, 0.25) is 5.90 Å². The summed E-state index contributed by atoms with van der Waals surface area (Å²) in [5.41, 5.74) is 1.97. The first-order valence-corrected chi connectivity index (χ1v) is 10.8. The summed E-state index contributed by atoms with van der Waals surface area (Å²) < 4.78 is 29.9. The summed E-state index contributed by atoms with van der Waals surface area (Å²) in [4.78, 5) is 16.6. The molecule has 0 amide bonds. The molecule has 0 aromatic heterocycles. The van der Waals surface area contributed by atoms with Gasteiger partial charge in [0.05, 0.1) is 22.2 Å².